The molecule has 0 heterocycles. The van der Waals surface area contributed by atoms with Gasteiger partial charge in [-0.2, -0.15) is 0 Å². The highest BCUT2D eigenvalue weighted by molar-refractivity contribution is 5.88. The zero-order valence-corrected chi connectivity index (χ0v) is 20.1. The summed E-state index contributed by atoms with van der Waals surface area (Å²) in [4.78, 5) is 24.9. The van der Waals surface area contributed by atoms with Gasteiger partial charge in [0, 0.05) is 5.57 Å². The van der Waals surface area contributed by atoms with Gasteiger partial charge in [-0.3, -0.25) is 4.79 Å². The summed E-state index contributed by atoms with van der Waals surface area (Å²) in [6, 6.07) is 4.27. The normalized spacial score (nSPS) is 14.7. The number of ether oxygens (including phenoxy) is 1. The molecule has 0 saturated heterocycles. The van der Waals surface area contributed by atoms with Crippen LogP contribution in [0.1, 0.15) is 66.0 Å². The number of benzene rings is 1. The van der Waals surface area contributed by atoms with Crippen LogP contribution in [0.2, 0.25) is 0 Å². The highest BCUT2D eigenvalue weighted by Crippen LogP contribution is 2.24. The molecule has 2 atom stereocenters. The fourth-order valence-electron chi connectivity index (χ4n) is 2.91. The van der Waals surface area contributed by atoms with Crippen molar-refractivity contribution in [2.75, 3.05) is 0 Å². The minimum atomic E-state index is -0.933. The lowest BCUT2D eigenvalue weighted by Crippen LogP contribution is -2.42. The first-order valence-electron chi connectivity index (χ1n) is 10.9. The van der Waals surface area contributed by atoms with Gasteiger partial charge < -0.3 is 15.8 Å². The number of rotatable bonds is 10. The van der Waals surface area contributed by atoms with E-state index < -0.39 is 12.0 Å². The number of nitrogens with one attached hydrogen (secondary N) is 1. The molecule has 1 aromatic rings. The van der Waals surface area contributed by atoms with E-state index in [2.05, 4.69) is 32.7 Å². The van der Waals surface area contributed by atoms with Gasteiger partial charge >= 0.3 is 5.97 Å². The lowest BCUT2D eigenvalue weighted by atomic mass is 9.86. The fraction of sp³-hybridized carbons (Fsp3) is 0.462. The summed E-state index contributed by atoms with van der Waals surface area (Å²) >= 11 is 0. The maximum Gasteiger partial charge on any atom is 0.333 e. The molecule has 0 saturated carbocycles. The third-order valence-electron chi connectivity index (χ3n) is 4.84. The summed E-state index contributed by atoms with van der Waals surface area (Å²) in [7, 11) is 0. The van der Waals surface area contributed by atoms with Crippen molar-refractivity contribution in [1.82, 2.24) is 5.32 Å². The van der Waals surface area contributed by atoms with Crippen molar-refractivity contribution in [3.63, 3.8) is 0 Å². The summed E-state index contributed by atoms with van der Waals surface area (Å²) in [6.07, 6.45) is 6.38. The zero-order valence-electron chi connectivity index (χ0n) is 20.1. The van der Waals surface area contributed by atoms with Gasteiger partial charge in [0.15, 0.2) is 0 Å². The smallest absolute Gasteiger partial charge is 0.333 e. The first-order chi connectivity index (χ1) is 14.8. The lowest BCUT2D eigenvalue weighted by molar-refractivity contribution is -0.142. The predicted octanol–water partition coefficient (Wildman–Crippen LogP) is 5.15. The monoisotopic (exact) mass is 444 g/mol. The van der Waals surface area contributed by atoms with Crippen LogP contribution >= 0.6 is 0 Å². The van der Waals surface area contributed by atoms with Crippen LogP contribution in [-0.4, -0.2) is 24.0 Å². The largest absolute Gasteiger partial charge is 0.460 e. The van der Waals surface area contributed by atoms with Crippen molar-refractivity contribution < 1.29 is 18.7 Å². The molecule has 0 fully saturated rings. The summed E-state index contributed by atoms with van der Waals surface area (Å²) < 4.78 is 18.4. The van der Waals surface area contributed by atoms with Crippen LogP contribution in [0.4, 0.5) is 4.39 Å². The molecule has 0 aromatic heterocycles. The Morgan fingerprint density at radius 3 is 2.28 bits per heavy atom. The zero-order chi connectivity index (χ0) is 24.5. The molecule has 0 aliphatic carbocycles. The van der Waals surface area contributed by atoms with Crippen LogP contribution in [0.5, 0.6) is 0 Å². The third-order valence-corrected chi connectivity index (χ3v) is 4.84. The van der Waals surface area contributed by atoms with Crippen molar-refractivity contribution in [2.24, 2.45) is 11.1 Å². The molecule has 0 aliphatic heterocycles. The van der Waals surface area contributed by atoms with Crippen molar-refractivity contribution >= 4 is 11.9 Å². The second-order valence-electron chi connectivity index (χ2n) is 9.36. The van der Waals surface area contributed by atoms with E-state index in [0.29, 0.717) is 17.6 Å². The number of esters is 1. The Bertz CT molecular complexity index is 849. The highest BCUT2D eigenvalue weighted by Gasteiger charge is 2.23. The number of nitrogens with two attached hydrogens (primary N) is 1. The van der Waals surface area contributed by atoms with E-state index >= 15 is 0 Å². The predicted molar refractivity (Wildman–Crippen MR) is 127 cm³/mol. The van der Waals surface area contributed by atoms with Gasteiger partial charge in [-0.05, 0) is 62.3 Å². The Kier molecular flexibility index (Phi) is 10.5. The van der Waals surface area contributed by atoms with Crippen LogP contribution in [0, 0.1) is 11.2 Å². The van der Waals surface area contributed by atoms with Crippen LogP contribution in [0.25, 0.3) is 0 Å². The van der Waals surface area contributed by atoms with Gasteiger partial charge in [0.2, 0.25) is 5.91 Å². The Morgan fingerprint density at radius 2 is 1.78 bits per heavy atom. The summed E-state index contributed by atoms with van der Waals surface area (Å²) in [6.45, 7) is 15.5. The van der Waals surface area contributed by atoms with Crippen molar-refractivity contribution in [2.45, 2.75) is 72.6 Å². The number of halogens is 1. The maximum atomic E-state index is 13.2. The van der Waals surface area contributed by atoms with Gasteiger partial charge in [0.1, 0.15) is 11.9 Å². The Hall–Kier alpha value is -2.73. The van der Waals surface area contributed by atoms with Gasteiger partial charge in [-0.1, -0.05) is 57.7 Å². The first kappa shape index (κ1) is 27.3. The van der Waals surface area contributed by atoms with Crippen molar-refractivity contribution in [3.05, 3.63) is 71.6 Å². The molecule has 5 nitrogen and oxygen atoms in total. The summed E-state index contributed by atoms with van der Waals surface area (Å²) in [5, 5.41) is 3.00. The van der Waals surface area contributed by atoms with E-state index in [4.69, 9.17) is 10.5 Å². The molecule has 32 heavy (non-hydrogen) atoms. The highest BCUT2D eigenvalue weighted by atomic mass is 19.1. The fourth-order valence-corrected chi connectivity index (χ4v) is 2.91. The van der Waals surface area contributed by atoms with E-state index in [1.807, 2.05) is 0 Å². The Morgan fingerprint density at radius 1 is 1.19 bits per heavy atom. The van der Waals surface area contributed by atoms with Crippen LogP contribution < -0.4 is 11.1 Å². The van der Waals surface area contributed by atoms with Gasteiger partial charge in [0.25, 0.3) is 0 Å². The first-order valence-corrected chi connectivity index (χ1v) is 10.9. The van der Waals surface area contributed by atoms with E-state index in [9.17, 15) is 14.0 Å². The molecular weight excluding hydrogens is 407 g/mol. The minimum absolute atomic E-state index is 0.0567. The number of hydrogen-bond acceptors (Lipinski definition) is 4. The molecule has 6 heteroatoms. The summed E-state index contributed by atoms with van der Waals surface area (Å²) in [5.74, 6) is -1.16. The molecule has 1 rings (SSSR count). The van der Waals surface area contributed by atoms with E-state index in [-0.39, 0.29) is 29.3 Å². The Labute approximate surface area is 191 Å². The molecule has 1 amide bonds. The van der Waals surface area contributed by atoms with Gasteiger partial charge in [0.05, 0.1) is 12.1 Å². The standard InChI is InChI=1S/C26H37FN2O3/c1-8-19(10-9-18(4)25(31)32-17(2)3)22(15-16-26(5,6)7)29-24(30)23(28)20-11-13-21(27)14-12-20/h8-14,17,22-23H,1,15-16,28H2,2-7H3,(H,29,30). The SMILES string of the molecule is C=CC(=CC=C(C)C(=O)OC(C)C)C(CCC(C)(C)C)NC(=O)C(N)c1ccc(F)cc1. The second kappa shape index (κ2) is 12.3. The quantitative estimate of drug-likeness (QED) is 0.297. The molecule has 3 N–H and O–H groups in total. The average Bonchev–Trinajstić information content (AvgIpc) is 2.70. The Balaban J connectivity index is 3.11. The van der Waals surface area contributed by atoms with E-state index in [1.54, 1.807) is 39.0 Å². The van der Waals surface area contributed by atoms with Gasteiger partial charge in [-0.25, -0.2) is 9.18 Å². The molecule has 0 spiro atoms. The maximum absolute atomic E-state index is 13.2. The molecule has 2 unspecified atom stereocenters. The van der Waals surface area contributed by atoms with Crippen LogP contribution in [0.3, 0.4) is 0 Å². The minimum Gasteiger partial charge on any atom is -0.460 e. The molecule has 0 aliphatic rings. The number of amides is 1. The molecular formula is C26H37FN2O3. The van der Waals surface area contributed by atoms with Gasteiger partial charge in [-0.15, -0.1) is 0 Å². The number of carbonyl (C=O) groups excluding carboxylic acids is 2. The average molecular weight is 445 g/mol. The number of carbonyl (C=O) groups is 2. The number of allylic oxidation sites excluding steroid dienone is 2. The molecule has 0 radical (unpaired) electrons. The molecule has 0 bridgehead atoms. The molecule has 1 aromatic carbocycles. The molecule has 176 valence electrons. The van der Waals surface area contributed by atoms with Crippen LogP contribution in [0.15, 0.2) is 60.2 Å². The van der Waals surface area contributed by atoms with E-state index in [0.717, 1.165) is 12.0 Å². The van der Waals surface area contributed by atoms with E-state index in [1.165, 1.54) is 24.3 Å². The second-order valence-corrected chi connectivity index (χ2v) is 9.36. The topological polar surface area (TPSA) is 81.4 Å². The van der Waals surface area contributed by atoms with Crippen LogP contribution in [-0.2, 0) is 14.3 Å². The lowest BCUT2D eigenvalue weighted by Gasteiger charge is -2.26. The number of hydrogen-bond donors (Lipinski definition) is 2. The third kappa shape index (κ3) is 9.60. The van der Waals surface area contributed by atoms with Crippen molar-refractivity contribution in [1.29, 1.82) is 0 Å². The van der Waals surface area contributed by atoms with Crippen molar-refractivity contribution in [3.8, 4) is 0 Å². The summed E-state index contributed by atoms with van der Waals surface area (Å²) in [5.41, 5.74) is 7.90.